The molecule has 7 heteroatoms. The molecule has 3 rings (SSSR count). The van der Waals surface area contributed by atoms with E-state index in [1.807, 2.05) is 0 Å². The summed E-state index contributed by atoms with van der Waals surface area (Å²) in [6.45, 7) is 0. The first-order valence-electron chi connectivity index (χ1n) is 7.12. The summed E-state index contributed by atoms with van der Waals surface area (Å²) in [5, 5.41) is 10.9. The van der Waals surface area contributed by atoms with E-state index in [0.717, 1.165) is 17.1 Å². The van der Waals surface area contributed by atoms with E-state index in [2.05, 4.69) is 9.36 Å². The molecular formula is C17H12FN2O3S-. The van der Waals surface area contributed by atoms with Crippen LogP contribution in [0.3, 0.4) is 0 Å². The number of aliphatic carboxylic acids is 1. The van der Waals surface area contributed by atoms with Gasteiger partial charge in [0, 0.05) is 30.3 Å². The highest BCUT2D eigenvalue weighted by Crippen LogP contribution is 2.24. The SMILES string of the molecule is O=C([O-])Cc1ccc(Oc2nc(Cc3ccc(F)cc3)ns2)cc1. The summed E-state index contributed by atoms with van der Waals surface area (Å²) >= 11 is 1.12. The molecule has 0 radical (unpaired) electrons. The maximum Gasteiger partial charge on any atom is 0.298 e. The van der Waals surface area contributed by atoms with E-state index in [-0.39, 0.29) is 12.2 Å². The van der Waals surface area contributed by atoms with Crippen molar-refractivity contribution in [1.29, 1.82) is 0 Å². The highest BCUT2D eigenvalue weighted by Gasteiger charge is 2.07. The van der Waals surface area contributed by atoms with Gasteiger partial charge >= 0.3 is 0 Å². The van der Waals surface area contributed by atoms with Gasteiger partial charge in [-0.1, -0.05) is 24.3 Å². The van der Waals surface area contributed by atoms with Gasteiger partial charge < -0.3 is 14.6 Å². The van der Waals surface area contributed by atoms with Gasteiger partial charge in [-0.2, -0.15) is 9.36 Å². The molecule has 0 aliphatic carbocycles. The molecule has 0 amide bonds. The van der Waals surface area contributed by atoms with E-state index in [1.54, 1.807) is 36.4 Å². The first-order valence-corrected chi connectivity index (χ1v) is 7.89. The third kappa shape index (κ3) is 4.36. The van der Waals surface area contributed by atoms with Crippen LogP contribution in [0.1, 0.15) is 17.0 Å². The van der Waals surface area contributed by atoms with Gasteiger partial charge in [0.25, 0.3) is 5.19 Å². The van der Waals surface area contributed by atoms with E-state index in [9.17, 15) is 14.3 Å². The van der Waals surface area contributed by atoms with Crippen molar-refractivity contribution >= 4 is 17.5 Å². The summed E-state index contributed by atoms with van der Waals surface area (Å²) in [6.07, 6.45) is 0.353. The summed E-state index contributed by atoms with van der Waals surface area (Å²) in [5.74, 6) is -0.272. The minimum absolute atomic E-state index is 0.138. The predicted octanol–water partition coefficient (Wildman–Crippen LogP) is 2.35. The fraction of sp³-hybridized carbons (Fsp3) is 0.118. The minimum Gasteiger partial charge on any atom is -0.550 e. The topological polar surface area (TPSA) is 75.1 Å². The monoisotopic (exact) mass is 343 g/mol. The Hall–Kier alpha value is -2.80. The zero-order valence-corrected chi connectivity index (χ0v) is 13.3. The number of hydrogen-bond donors (Lipinski definition) is 0. The van der Waals surface area contributed by atoms with Crippen LogP contribution in [0.4, 0.5) is 4.39 Å². The van der Waals surface area contributed by atoms with Crippen molar-refractivity contribution in [2.24, 2.45) is 0 Å². The Bertz CT molecular complexity index is 832. The van der Waals surface area contributed by atoms with Gasteiger partial charge in [-0.05, 0) is 35.4 Å². The lowest BCUT2D eigenvalue weighted by molar-refractivity contribution is -0.304. The van der Waals surface area contributed by atoms with Crippen LogP contribution in [-0.4, -0.2) is 15.3 Å². The number of nitrogens with zero attached hydrogens (tertiary/aromatic N) is 2. The van der Waals surface area contributed by atoms with Crippen LogP contribution in [0.5, 0.6) is 10.9 Å². The molecule has 24 heavy (non-hydrogen) atoms. The van der Waals surface area contributed by atoms with Crippen molar-refractivity contribution in [3.63, 3.8) is 0 Å². The number of carbonyl (C=O) groups excluding carboxylic acids is 1. The van der Waals surface area contributed by atoms with Crippen LogP contribution in [0.15, 0.2) is 48.5 Å². The summed E-state index contributed by atoms with van der Waals surface area (Å²) in [5.41, 5.74) is 1.55. The van der Waals surface area contributed by atoms with Crippen molar-refractivity contribution in [1.82, 2.24) is 9.36 Å². The predicted molar refractivity (Wildman–Crippen MR) is 84.3 cm³/mol. The van der Waals surface area contributed by atoms with Gasteiger partial charge in [0.15, 0.2) is 5.82 Å². The number of rotatable bonds is 6. The van der Waals surface area contributed by atoms with E-state index >= 15 is 0 Å². The summed E-state index contributed by atoms with van der Waals surface area (Å²) in [4.78, 5) is 14.8. The van der Waals surface area contributed by atoms with E-state index in [1.165, 1.54) is 12.1 Å². The number of carboxylic acids is 1. The molecule has 0 aliphatic rings. The average molecular weight is 343 g/mol. The first-order chi connectivity index (χ1) is 11.6. The molecule has 0 N–H and O–H groups in total. The average Bonchev–Trinajstić information content (AvgIpc) is 2.98. The smallest absolute Gasteiger partial charge is 0.298 e. The molecule has 0 fully saturated rings. The standard InChI is InChI=1S/C17H13FN2O3S/c18-13-5-1-11(2-6-13)9-15-19-17(24-20-15)23-14-7-3-12(4-8-14)10-16(21)22/h1-8H,9-10H2,(H,21,22)/p-1. The molecule has 0 saturated carbocycles. The molecule has 0 saturated heterocycles. The van der Waals surface area contributed by atoms with Crippen LogP contribution in [0.2, 0.25) is 0 Å². The molecule has 2 aromatic carbocycles. The summed E-state index contributed by atoms with van der Waals surface area (Å²) in [7, 11) is 0. The molecule has 0 bridgehead atoms. The Kier molecular flexibility index (Phi) is 4.81. The molecule has 122 valence electrons. The second-order valence-electron chi connectivity index (χ2n) is 5.07. The molecule has 5 nitrogen and oxygen atoms in total. The molecule has 0 spiro atoms. The normalized spacial score (nSPS) is 10.5. The third-order valence-corrected chi connectivity index (χ3v) is 3.83. The van der Waals surface area contributed by atoms with Crippen LogP contribution >= 0.6 is 11.5 Å². The van der Waals surface area contributed by atoms with Gasteiger partial charge in [0.2, 0.25) is 0 Å². The molecule has 0 unspecified atom stereocenters. The Morgan fingerprint density at radius 2 is 1.75 bits per heavy atom. The van der Waals surface area contributed by atoms with Crippen molar-refractivity contribution in [3.8, 4) is 10.9 Å². The number of ether oxygens (including phenoxy) is 1. The fourth-order valence-corrected chi connectivity index (χ4v) is 2.65. The molecule has 1 heterocycles. The Morgan fingerprint density at radius 3 is 2.42 bits per heavy atom. The number of benzene rings is 2. The lowest BCUT2D eigenvalue weighted by Gasteiger charge is -2.04. The van der Waals surface area contributed by atoms with Gasteiger partial charge in [0.1, 0.15) is 11.6 Å². The number of halogens is 1. The second kappa shape index (κ2) is 7.18. The Morgan fingerprint density at radius 1 is 1.08 bits per heavy atom. The quantitative estimate of drug-likeness (QED) is 0.687. The highest BCUT2D eigenvalue weighted by atomic mass is 32.1. The first kappa shape index (κ1) is 16.1. The number of aromatic nitrogens is 2. The van der Waals surface area contributed by atoms with E-state index in [0.29, 0.717) is 28.8 Å². The third-order valence-electron chi connectivity index (χ3n) is 3.20. The highest BCUT2D eigenvalue weighted by molar-refractivity contribution is 7.07. The van der Waals surface area contributed by atoms with Gasteiger partial charge in [-0.25, -0.2) is 4.39 Å². The fourth-order valence-electron chi connectivity index (χ4n) is 2.08. The maximum absolute atomic E-state index is 12.9. The van der Waals surface area contributed by atoms with Crippen molar-refractivity contribution < 1.29 is 19.0 Å². The Labute approximate surface area is 141 Å². The number of carbonyl (C=O) groups is 1. The molecule has 0 aliphatic heterocycles. The zero-order valence-electron chi connectivity index (χ0n) is 12.4. The van der Waals surface area contributed by atoms with E-state index in [4.69, 9.17) is 4.74 Å². The zero-order chi connectivity index (χ0) is 16.9. The number of carboxylic acid groups (broad SMARTS) is 1. The molecular weight excluding hydrogens is 331 g/mol. The van der Waals surface area contributed by atoms with Crippen molar-refractivity contribution in [2.45, 2.75) is 12.8 Å². The summed E-state index contributed by atoms with van der Waals surface area (Å²) < 4.78 is 22.7. The van der Waals surface area contributed by atoms with Gasteiger partial charge in [-0.15, -0.1) is 0 Å². The maximum atomic E-state index is 12.9. The van der Waals surface area contributed by atoms with Crippen molar-refractivity contribution in [2.75, 3.05) is 0 Å². The lowest BCUT2D eigenvalue weighted by atomic mass is 10.1. The van der Waals surface area contributed by atoms with Crippen LogP contribution in [0.25, 0.3) is 0 Å². The largest absolute Gasteiger partial charge is 0.550 e. The second-order valence-corrected chi connectivity index (χ2v) is 5.79. The summed E-state index contributed by atoms with van der Waals surface area (Å²) in [6, 6.07) is 12.8. The Balaban J connectivity index is 1.63. The van der Waals surface area contributed by atoms with Crippen LogP contribution in [0, 0.1) is 5.82 Å². The van der Waals surface area contributed by atoms with Crippen LogP contribution < -0.4 is 9.84 Å². The molecule has 1 aromatic heterocycles. The van der Waals surface area contributed by atoms with Crippen LogP contribution in [-0.2, 0) is 17.6 Å². The molecule has 0 atom stereocenters. The number of hydrogen-bond acceptors (Lipinski definition) is 6. The molecule has 3 aromatic rings. The minimum atomic E-state index is -1.13. The van der Waals surface area contributed by atoms with Gasteiger partial charge in [-0.3, -0.25) is 0 Å². The van der Waals surface area contributed by atoms with Gasteiger partial charge in [0.05, 0.1) is 0 Å². The van der Waals surface area contributed by atoms with Crippen molar-refractivity contribution in [3.05, 3.63) is 71.3 Å². The van der Waals surface area contributed by atoms with E-state index < -0.39 is 5.97 Å². The lowest BCUT2D eigenvalue weighted by Crippen LogP contribution is -2.24.